The number of benzene rings is 1. The van der Waals surface area contributed by atoms with Gasteiger partial charge in [-0.05, 0) is 24.3 Å². The highest BCUT2D eigenvalue weighted by atomic mass is 16.5. The molecule has 6 heteroatoms. The molecule has 3 N–H and O–H groups in total. The lowest BCUT2D eigenvalue weighted by Gasteiger charge is -2.10. The first-order chi connectivity index (χ1) is 9.61. The Kier molecular flexibility index (Phi) is 3.82. The third kappa shape index (κ3) is 2.84. The van der Waals surface area contributed by atoms with Crippen LogP contribution in [0.5, 0.6) is 5.75 Å². The number of nitrogens with zero attached hydrogens (tertiary/aromatic N) is 2. The van der Waals surface area contributed by atoms with E-state index >= 15 is 0 Å². The Labute approximate surface area is 115 Å². The van der Waals surface area contributed by atoms with E-state index < -0.39 is 5.97 Å². The molecule has 0 aliphatic rings. The monoisotopic (exact) mass is 269 g/mol. The fourth-order valence-electron chi connectivity index (χ4n) is 1.65. The standard InChI is InChI=1S/C14H11N3O3/c15-7-12-9(2-1-5-17-12)8-20-13-4-3-10(16)6-11(13)14(18)19/h1-6H,8,16H2,(H,18,19). The van der Waals surface area contributed by atoms with Gasteiger partial charge in [-0.15, -0.1) is 0 Å². The van der Waals surface area contributed by atoms with Gasteiger partial charge < -0.3 is 15.6 Å². The molecule has 0 radical (unpaired) electrons. The van der Waals surface area contributed by atoms with Gasteiger partial charge in [0.25, 0.3) is 0 Å². The van der Waals surface area contributed by atoms with Crippen LogP contribution in [0.1, 0.15) is 21.6 Å². The zero-order valence-corrected chi connectivity index (χ0v) is 10.4. The third-order valence-corrected chi connectivity index (χ3v) is 2.61. The van der Waals surface area contributed by atoms with E-state index in [0.717, 1.165) is 0 Å². The summed E-state index contributed by atoms with van der Waals surface area (Å²) in [5, 5.41) is 18.0. The lowest BCUT2D eigenvalue weighted by Crippen LogP contribution is -2.05. The van der Waals surface area contributed by atoms with Crippen molar-refractivity contribution in [1.82, 2.24) is 4.98 Å². The molecule has 6 nitrogen and oxygen atoms in total. The summed E-state index contributed by atoms with van der Waals surface area (Å²) in [6.07, 6.45) is 1.51. The highest BCUT2D eigenvalue weighted by molar-refractivity contribution is 5.92. The first kappa shape index (κ1) is 13.4. The van der Waals surface area contributed by atoms with E-state index in [-0.39, 0.29) is 23.6 Å². The van der Waals surface area contributed by atoms with E-state index in [0.29, 0.717) is 11.3 Å². The maximum absolute atomic E-state index is 11.1. The molecule has 0 aliphatic heterocycles. The molecule has 0 fully saturated rings. The first-order valence-corrected chi connectivity index (χ1v) is 5.71. The van der Waals surface area contributed by atoms with Gasteiger partial charge in [0.2, 0.25) is 0 Å². The van der Waals surface area contributed by atoms with Gasteiger partial charge in [0.15, 0.2) is 0 Å². The zero-order valence-electron chi connectivity index (χ0n) is 10.4. The van der Waals surface area contributed by atoms with E-state index in [9.17, 15) is 4.79 Å². The van der Waals surface area contributed by atoms with Crippen LogP contribution < -0.4 is 10.5 Å². The smallest absolute Gasteiger partial charge is 0.339 e. The maximum Gasteiger partial charge on any atom is 0.339 e. The summed E-state index contributed by atoms with van der Waals surface area (Å²) in [6.45, 7) is 0.0565. The largest absolute Gasteiger partial charge is 0.488 e. The predicted molar refractivity (Wildman–Crippen MR) is 71.1 cm³/mol. The number of nitriles is 1. The minimum atomic E-state index is -1.13. The van der Waals surface area contributed by atoms with Crippen molar-refractivity contribution in [2.45, 2.75) is 6.61 Å². The van der Waals surface area contributed by atoms with Gasteiger partial charge in [-0.25, -0.2) is 9.78 Å². The van der Waals surface area contributed by atoms with Crippen LogP contribution in [0.15, 0.2) is 36.5 Å². The molecular formula is C14H11N3O3. The Morgan fingerprint density at radius 1 is 1.45 bits per heavy atom. The molecule has 1 aromatic carbocycles. The van der Waals surface area contributed by atoms with Crippen LogP contribution in [0, 0.1) is 11.3 Å². The van der Waals surface area contributed by atoms with Gasteiger partial charge in [-0.2, -0.15) is 5.26 Å². The van der Waals surface area contributed by atoms with Crippen molar-refractivity contribution < 1.29 is 14.6 Å². The molecule has 0 aliphatic carbocycles. The van der Waals surface area contributed by atoms with Crippen molar-refractivity contribution in [2.24, 2.45) is 0 Å². The molecule has 1 heterocycles. The molecule has 0 saturated heterocycles. The topological polar surface area (TPSA) is 109 Å². The molecule has 20 heavy (non-hydrogen) atoms. The van der Waals surface area contributed by atoms with Gasteiger partial charge in [-0.1, -0.05) is 6.07 Å². The molecule has 0 spiro atoms. The number of carboxylic acids is 1. The second-order valence-electron chi connectivity index (χ2n) is 3.97. The second-order valence-corrected chi connectivity index (χ2v) is 3.97. The molecule has 0 atom stereocenters. The Morgan fingerprint density at radius 3 is 2.95 bits per heavy atom. The fourth-order valence-corrected chi connectivity index (χ4v) is 1.65. The molecule has 100 valence electrons. The number of carbonyl (C=O) groups is 1. The zero-order chi connectivity index (χ0) is 14.5. The number of carboxylic acid groups (broad SMARTS) is 1. The SMILES string of the molecule is N#Cc1ncccc1COc1ccc(N)cc1C(=O)O. The molecule has 0 amide bonds. The number of rotatable bonds is 4. The molecular weight excluding hydrogens is 258 g/mol. The van der Waals surface area contributed by atoms with E-state index in [1.165, 1.54) is 18.3 Å². The molecule has 0 bridgehead atoms. The minimum absolute atomic E-state index is 0.0209. The number of aromatic nitrogens is 1. The van der Waals surface area contributed by atoms with Crippen molar-refractivity contribution in [1.29, 1.82) is 5.26 Å². The number of ether oxygens (including phenoxy) is 1. The summed E-state index contributed by atoms with van der Waals surface area (Å²) in [7, 11) is 0. The average molecular weight is 269 g/mol. The van der Waals surface area contributed by atoms with E-state index in [1.54, 1.807) is 18.2 Å². The fraction of sp³-hybridized carbons (Fsp3) is 0.0714. The van der Waals surface area contributed by atoms with E-state index in [4.69, 9.17) is 20.8 Å². The number of nitrogen functional groups attached to an aromatic ring is 1. The Hall–Kier alpha value is -3.07. The van der Waals surface area contributed by atoms with Crippen LogP contribution in [0.3, 0.4) is 0 Å². The van der Waals surface area contributed by atoms with Crippen molar-refractivity contribution in [2.75, 3.05) is 5.73 Å². The van der Waals surface area contributed by atoms with Gasteiger partial charge >= 0.3 is 5.97 Å². The highest BCUT2D eigenvalue weighted by Gasteiger charge is 2.12. The Morgan fingerprint density at radius 2 is 2.25 bits per heavy atom. The predicted octanol–water partition coefficient (Wildman–Crippen LogP) is 1.81. The van der Waals surface area contributed by atoms with Crippen molar-refractivity contribution >= 4 is 11.7 Å². The minimum Gasteiger partial charge on any atom is -0.488 e. The van der Waals surface area contributed by atoms with Crippen LogP contribution in [0.2, 0.25) is 0 Å². The van der Waals surface area contributed by atoms with E-state index in [1.807, 2.05) is 6.07 Å². The van der Waals surface area contributed by atoms with E-state index in [2.05, 4.69) is 4.98 Å². The quantitative estimate of drug-likeness (QED) is 0.819. The summed E-state index contributed by atoms with van der Waals surface area (Å²) in [5.74, 6) is -0.932. The summed E-state index contributed by atoms with van der Waals surface area (Å²) < 4.78 is 5.45. The number of anilines is 1. The number of hydrogen-bond acceptors (Lipinski definition) is 5. The maximum atomic E-state index is 11.1. The Bertz CT molecular complexity index is 692. The second kappa shape index (κ2) is 5.71. The van der Waals surface area contributed by atoms with Crippen molar-refractivity contribution in [3.63, 3.8) is 0 Å². The average Bonchev–Trinajstić information content (AvgIpc) is 2.46. The summed E-state index contributed by atoms with van der Waals surface area (Å²) in [4.78, 5) is 15.0. The molecule has 0 unspecified atom stereocenters. The van der Waals surface area contributed by atoms with Crippen LogP contribution in [-0.2, 0) is 6.61 Å². The van der Waals surface area contributed by atoms with Gasteiger partial charge in [-0.3, -0.25) is 0 Å². The molecule has 0 saturated carbocycles. The van der Waals surface area contributed by atoms with Gasteiger partial charge in [0.05, 0.1) is 0 Å². The molecule has 2 rings (SSSR count). The van der Waals surface area contributed by atoms with Crippen LogP contribution >= 0.6 is 0 Å². The normalized spacial score (nSPS) is 9.75. The molecule has 1 aromatic heterocycles. The molecule has 2 aromatic rings. The third-order valence-electron chi connectivity index (χ3n) is 2.61. The summed E-state index contributed by atoms with van der Waals surface area (Å²) in [6, 6.07) is 9.69. The highest BCUT2D eigenvalue weighted by Crippen LogP contribution is 2.22. The summed E-state index contributed by atoms with van der Waals surface area (Å²) in [5.41, 5.74) is 6.70. The Balaban J connectivity index is 2.24. The van der Waals surface area contributed by atoms with Crippen LogP contribution in [-0.4, -0.2) is 16.1 Å². The number of hydrogen-bond donors (Lipinski definition) is 2. The van der Waals surface area contributed by atoms with Gasteiger partial charge in [0, 0.05) is 17.4 Å². The summed E-state index contributed by atoms with van der Waals surface area (Å²) >= 11 is 0. The van der Waals surface area contributed by atoms with Crippen molar-refractivity contribution in [3.05, 3.63) is 53.3 Å². The number of pyridine rings is 1. The number of aromatic carboxylic acids is 1. The lowest BCUT2D eigenvalue weighted by atomic mass is 10.1. The van der Waals surface area contributed by atoms with Crippen LogP contribution in [0.4, 0.5) is 5.69 Å². The van der Waals surface area contributed by atoms with Gasteiger partial charge in [0.1, 0.15) is 29.7 Å². The first-order valence-electron chi connectivity index (χ1n) is 5.71. The van der Waals surface area contributed by atoms with Crippen LogP contribution in [0.25, 0.3) is 0 Å². The van der Waals surface area contributed by atoms with Crippen molar-refractivity contribution in [3.8, 4) is 11.8 Å². The number of nitrogens with two attached hydrogens (primary N) is 1. The lowest BCUT2D eigenvalue weighted by molar-refractivity contribution is 0.0692.